The first-order valence-corrected chi connectivity index (χ1v) is 8.87. The Morgan fingerprint density at radius 1 is 0.778 bits per heavy atom. The summed E-state index contributed by atoms with van der Waals surface area (Å²) in [6, 6.07) is 13.2. The van der Waals surface area contributed by atoms with Gasteiger partial charge in [0.2, 0.25) is 0 Å². The fourth-order valence-corrected chi connectivity index (χ4v) is 2.93. The minimum absolute atomic E-state index is 0.146. The van der Waals surface area contributed by atoms with E-state index in [1.807, 2.05) is 18.2 Å². The van der Waals surface area contributed by atoms with Crippen molar-refractivity contribution in [2.24, 2.45) is 0 Å². The molecule has 4 nitrogen and oxygen atoms in total. The monoisotopic (exact) mass is 362 g/mol. The summed E-state index contributed by atoms with van der Waals surface area (Å²) in [5.74, 6) is 1.86. The lowest BCUT2D eigenvalue weighted by atomic mass is 9.81. The van der Waals surface area contributed by atoms with Gasteiger partial charge in [-0.1, -0.05) is 47.6 Å². The SMILES string of the molecule is COc1cc(C(C)(C)C)c(Oc2cccc(C#N)c2C#N)cc1C(C)(C)C. The van der Waals surface area contributed by atoms with Gasteiger partial charge in [0.1, 0.15) is 35.0 Å². The average Bonchev–Trinajstić information content (AvgIpc) is 2.59. The highest BCUT2D eigenvalue weighted by atomic mass is 16.5. The molecule has 2 rings (SSSR count). The van der Waals surface area contributed by atoms with E-state index < -0.39 is 0 Å². The van der Waals surface area contributed by atoms with Gasteiger partial charge in [0.15, 0.2) is 0 Å². The van der Waals surface area contributed by atoms with Crippen LogP contribution in [0.25, 0.3) is 0 Å². The molecule has 0 aliphatic carbocycles. The lowest BCUT2D eigenvalue weighted by Crippen LogP contribution is -2.17. The van der Waals surface area contributed by atoms with Crippen LogP contribution in [-0.4, -0.2) is 7.11 Å². The Morgan fingerprint density at radius 3 is 1.81 bits per heavy atom. The molecule has 0 aliphatic rings. The lowest BCUT2D eigenvalue weighted by molar-refractivity contribution is 0.389. The van der Waals surface area contributed by atoms with Crippen molar-refractivity contribution in [3.8, 4) is 29.4 Å². The van der Waals surface area contributed by atoms with Gasteiger partial charge >= 0.3 is 0 Å². The van der Waals surface area contributed by atoms with Crippen LogP contribution in [0.3, 0.4) is 0 Å². The quantitative estimate of drug-likeness (QED) is 0.689. The summed E-state index contributed by atoms with van der Waals surface area (Å²) in [6.45, 7) is 12.6. The third-order valence-electron chi connectivity index (χ3n) is 4.40. The van der Waals surface area contributed by atoms with Crippen molar-refractivity contribution in [1.29, 1.82) is 10.5 Å². The van der Waals surface area contributed by atoms with E-state index in [4.69, 9.17) is 9.47 Å². The van der Waals surface area contributed by atoms with Crippen molar-refractivity contribution in [2.75, 3.05) is 7.11 Å². The molecule has 0 bridgehead atoms. The smallest absolute Gasteiger partial charge is 0.146 e. The molecule has 0 saturated heterocycles. The Bertz CT molecular complexity index is 933. The van der Waals surface area contributed by atoms with E-state index in [0.717, 1.165) is 16.9 Å². The van der Waals surface area contributed by atoms with Gasteiger partial charge in [0.25, 0.3) is 0 Å². The first-order valence-electron chi connectivity index (χ1n) is 8.87. The number of hydrogen-bond acceptors (Lipinski definition) is 4. The van der Waals surface area contributed by atoms with Gasteiger partial charge in [0, 0.05) is 11.1 Å². The van der Waals surface area contributed by atoms with Crippen molar-refractivity contribution in [3.63, 3.8) is 0 Å². The van der Waals surface area contributed by atoms with E-state index in [0.29, 0.717) is 17.1 Å². The van der Waals surface area contributed by atoms with E-state index in [-0.39, 0.29) is 16.4 Å². The molecule has 4 heteroatoms. The van der Waals surface area contributed by atoms with Gasteiger partial charge in [-0.05, 0) is 35.1 Å². The molecular formula is C23H26N2O2. The van der Waals surface area contributed by atoms with Crippen LogP contribution in [0.5, 0.6) is 17.2 Å². The van der Waals surface area contributed by atoms with Crippen molar-refractivity contribution in [1.82, 2.24) is 0 Å². The van der Waals surface area contributed by atoms with Crippen molar-refractivity contribution in [2.45, 2.75) is 52.4 Å². The van der Waals surface area contributed by atoms with Gasteiger partial charge in [-0.3, -0.25) is 0 Å². The number of ether oxygens (including phenoxy) is 2. The maximum Gasteiger partial charge on any atom is 0.146 e. The second-order valence-electron chi connectivity index (χ2n) is 8.55. The second-order valence-corrected chi connectivity index (χ2v) is 8.55. The van der Waals surface area contributed by atoms with E-state index >= 15 is 0 Å². The number of methoxy groups -OCH3 is 1. The van der Waals surface area contributed by atoms with Crippen LogP contribution in [0, 0.1) is 22.7 Å². The molecule has 0 fully saturated rings. The average molecular weight is 362 g/mol. The van der Waals surface area contributed by atoms with Crippen LogP contribution in [-0.2, 0) is 10.8 Å². The summed E-state index contributed by atoms with van der Waals surface area (Å²) in [6.07, 6.45) is 0. The molecular weight excluding hydrogens is 336 g/mol. The van der Waals surface area contributed by atoms with Crippen molar-refractivity contribution >= 4 is 0 Å². The van der Waals surface area contributed by atoms with E-state index in [2.05, 4.69) is 47.6 Å². The second kappa shape index (κ2) is 7.33. The molecule has 0 aromatic heterocycles. The van der Waals surface area contributed by atoms with Crippen molar-refractivity contribution < 1.29 is 9.47 Å². The lowest BCUT2D eigenvalue weighted by Gasteiger charge is -2.28. The van der Waals surface area contributed by atoms with E-state index in [1.165, 1.54) is 0 Å². The van der Waals surface area contributed by atoms with E-state index in [9.17, 15) is 10.5 Å². The first-order chi connectivity index (χ1) is 12.5. The predicted molar refractivity (Wildman–Crippen MR) is 106 cm³/mol. The van der Waals surface area contributed by atoms with Crippen LogP contribution in [0.1, 0.15) is 63.8 Å². The molecule has 0 radical (unpaired) electrons. The molecule has 0 unspecified atom stereocenters. The number of rotatable bonds is 3. The van der Waals surface area contributed by atoms with Crippen LogP contribution in [0.15, 0.2) is 30.3 Å². The largest absolute Gasteiger partial charge is 0.496 e. The van der Waals surface area contributed by atoms with Crippen LogP contribution >= 0.6 is 0 Å². The molecule has 0 aliphatic heterocycles. The standard InChI is InChI=1S/C23H26N2O2/c1-22(2,3)17-12-21(18(23(4,5)6)11-20(17)26-7)27-19-10-8-9-15(13-24)16(19)14-25/h8-12H,1-7H3. The predicted octanol–water partition coefficient (Wildman–Crippen LogP) is 5.83. The van der Waals surface area contributed by atoms with Crippen molar-refractivity contribution in [3.05, 3.63) is 52.6 Å². The summed E-state index contributed by atoms with van der Waals surface area (Å²) in [4.78, 5) is 0. The van der Waals surface area contributed by atoms with Crippen LogP contribution < -0.4 is 9.47 Å². The highest BCUT2D eigenvalue weighted by Crippen LogP contribution is 2.43. The summed E-state index contributed by atoms with van der Waals surface area (Å²) in [5, 5.41) is 18.8. The Kier molecular flexibility index (Phi) is 5.52. The summed E-state index contributed by atoms with van der Waals surface area (Å²) < 4.78 is 11.9. The minimum Gasteiger partial charge on any atom is -0.496 e. The van der Waals surface area contributed by atoms with Gasteiger partial charge in [0.05, 0.1) is 12.7 Å². The maximum absolute atomic E-state index is 9.50. The Balaban J connectivity index is 2.73. The Morgan fingerprint density at radius 2 is 1.33 bits per heavy atom. The zero-order valence-corrected chi connectivity index (χ0v) is 17.1. The third-order valence-corrected chi connectivity index (χ3v) is 4.40. The summed E-state index contributed by atoms with van der Waals surface area (Å²) in [5.41, 5.74) is 2.19. The van der Waals surface area contributed by atoms with Gasteiger partial charge in [-0.15, -0.1) is 0 Å². The minimum atomic E-state index is -0.196. The molecule has 0 N–H and O–H groups in total. The normalized spacial score (nSPS) is 11.4. The maximum atomic E-state index is 9.50. The summed E-state index contributed by atoms with van der Waals surface area (Å²) in [7, 11) is 1.67. The Hall–Kier alpha value is -2.98. The molecule has 0 saturated carbocycles. The van der Waals surface area contributed by atoms with Gasteiger partial charge in [-0.2, -0.15) is 10.5 Å². The molecule has 140 valence electrons. The number of nitrogens with zero attached hydrogens (tertiary/aromatic N) is 2. The van der Waals surface area contributed by atoms with E-state index in [1.54, 1.807) is 25.3 Å². The zero-order chi connectivity index (χ0) is 20.4. The highest BCUT2D eigenvalue weighted by Gasteiger charge is 2.27. The third kappa shape index (κ3) is 4.23. The molecule has 27 heavy (non-hydrogen) atoms. The fraction of sp³-hybridized carbons (Fsp3) is 0.391. The number of hydrogen-bond donors (Lipinski definition) is 0. The first kappa shape index (κ1) is 20.3. The van der Waals surface area contributed by atoms with Gasteiger partial charge in [-0.25, -0.2) is 0 Å². The molecule has 2 aromatic carbocycles. The Labute approximate surface area is 162 Å². The zero-order valence-electron chi connectivity index (χ0n) is 17.1. The molecule has 0 atom stereocenters. The highest BCUT2D eigenvalue weighted by molar-refractivity contribution is 5.57. The molecule has 0 spiro atoms. The topological polar surface area (TPSA) is 66.0 Å². The molecule has 0 amide bonds. The van der Waals surface area contributed by atoms with Crippen LogP contribution in [0.2, 0.25) is 0 Å². The molecule has 0 heterocycles. The van der Waals surface area contributed by atoms with Crippen LogP contribution in [0.4, 0.5) is 0 Å². The van der Waals surface area contributed by atoms with Gasteiger partial charge < -0.3 is 9.47 Å². The molecule has 2 aromatic rings. The number of nitriles is 2. The fourth-order valence-electron chi connectivity index (χ4n) is 2.93. The summed E-state index contributed by atoms with van der Waals surface area (Å²) >= 11 is 0. The number of benzene rings is 2.